The molecule has 3 aromatic rings. The summed E-state index contributed by atoms with van der Waals surface area (Å²) >= 11 is 7.17. The number of likely N-dealkylation sites (tertiary alicyclic amines) is 1. The van der Waals surface area contributed by atoms with Crippen LogP contribution in [0.1, 0.15) is 28.1 Å². The number of halogens is 1. The van der Waals surface area contributed by atoms with Gasteiger partial charge in [0.1, 0.15) is 11.5 Å². The molecule has 11 heteroatoms. The zero-order chi connectivity index (χ0) is 27.2. The van der Waals surface area contributed by atoms with E-state index in [1.54, 1.807) is 24.0 Å². The SMILES string of the molecule is Cc1c(-c2cccc(OCC3CCN(C(=O)Nc4ccccc4Cl)CC3)c2)sc(C(=O)O)c1OCC(=O)O. The van der Waals surface area contributed by atoms with Crippen molar-refractivity contribution in [3.8, 4) is 21.9 Å². The summed E-state index contributed by atoms with van der Waals surface area (Å²) in [5, 5.41) is 21.8. The van der Waals surface area contributed by atoms with E-state index in [1.165, 1.54) is 0 Å². The first kappa shape index (κ1) is 27.3. The third kappa shape index (κ3) is 6.56. The van der Waals surface area contributed by atoms with Gasteiger partial charge in [0.2, 0.25) is 0 Å². The van der Waals surface area contributed by atoms with Gasteiger partial charge in [0, 0.05) is 23.5 Å². The number of nitrogens with one attached hydrogen (secondary N) is 1. The minimum absolute atomic E-state index is 0.0459. The minimum Gasteiger partial charge on any atom is -0.493 e. The molecule has 0 aliphatic carbocycles. The van der Waals surface area contributed by atoms with E-state index in [4.69, 9.17) is 26.2 Å². The van der Waals surface area contributed by atoms with Gasteiger partial charge in [-0.05, 0) is 55.5 Å². The fourth-order valence-electron chi connectivity index (χ4n) is 4.22. The van der Waals surface area contributed by atoms with Crippen LogP contribution in [-0.2, 0) is 4.79 Å². The van der Waals surface area contributed by atoms with E-state index in [0.717, 1.165) is 29.7 Å². The predicted octanol–water partition coefficient (Wildman–Crippen LogP) is 5.86. The van der Waals surface area contributed by atoms with E-state index in [0.29, 0.717) is 46.6 Å². The molecule has 3 N–H and O–H groups in total. The standard InChI is InChI=1S/C27H27ClN2O7S/c1-16-23(37-15-22(31)32)25(26(33)34)38-24(16)18-5-4-6-19(13-18)36-14-17-9-11-30(12-10-17)27(35)29-21-8-3-2-7-20(21)28/h2-8,13,17H,9-12,14-15H2,1H3,(H,29,35)(H,31,32)(H,33,34). The Kier molecular flexibility index (Phi) is 8.75. The number of urea groups is 1. The Labute approximate surface area is 228 Å². The Hall–Kier alpha value is -3.76. The van der Waals surface area contributed by atoms with Gasteiger partial charge < -0.3 is 29.9 Å². The van der Waals surface area contributed by atoms with Crippen molar-refractivity contribution in [1.29, 1.82) is 0 Å². The molecule has 9 nitrogen and oxygen atoms in total. The number of amides is 2. The number of anilines is 1. The van der Waals surface area contributed by atoms with E-state index < -0.39 is 18.5 Å². The molecule has 0 spiro atoms. The first-order valence-electron chi connectivity index (χ1n) is 12.0. The summed E-state index contributed by atoms with van der Waals surface area (Å²) in [5.41, 5.74) is 1.90. The fourth-order valence-corrected chi connectivity index (χ4v) is 5.49. The fraction of sp³-hybridized carbons (Fsp3) is 0.296. The van der Waals surface area contributed by atoms with Crippen LogP contribution < -0.4 is 14.8 Å². The third-order valence-electron chi connectivity index (χ3n) is 6.22. The van der Waals surface area contributed by atoms with Crippen LogP contribution in [0.15, 0.2) is 48.5 Å². The van der Waals surface area contributed by atoms with Crippen LogP contribution in [0.2, 0.25) is 5.02 Å². The highest BCUT2D eigenvalue weighted by Crippen LogP contribution is 2.42. The Morgan fingerprint density at radius 2 is 1.82 bits per heavy atom. The second-order valence-corrected chi connectivity index (χ2v) is 10.3. The second kappa shape index (κ2) is 12.2. The maximum absolute atomic E-state index is 12.6. The summed E-state index contributed by atoms with van der Waals surface area (Å²) in [6.45, 7) is 2.78. The molecule has 1 aromatic heterocycles. The summed E-state index contributed by atoms with van der Waals surface area (Å²) in [6.07, 6.45) is 1.60. The summed E-state index contributed by atoms with van der Waals surface area (Å²) in [7, 11) is 0. The van der Waals surface area contributed by atoms with Gasteiger partial charge in [-0.1, -0.05) is 35.9 Å². The lowest BCUT2D eigenvalue weighted by atomic mass is 9.98. The summed E-state index contributed by atoms with van der Waals surface area (Å²) < 4.78 is 11.3. The number of benzene rings is 2. The lowest BCUT2D eigenvalue weighted by Gasteiger charge is -2.32. The highest BCUT2D eigenvalue weighted by molar-refractivity contribution is 7.18. The number of rotatable bonds is 9. The summed E-state index contributed by atoms with van der Waals surface area (Å²) in [5.74, 6) is -1.38. The Bertz CT molecular complexity index is 1330. The molecule has 4 rings (SSSR count). The van der Waals surface area contributed by atoms with Crippen molar-refractivity contribution < 1.29 is 34.1 Å². The number of para-hydroxylation sites is 1. The van der Waals surface area contributed by atoms with Gasteiger partial charge in [-0.15, -0.1) is 11.3 Å². The number of aromatic carboxylic acids is 1. The van der Waals surface area contributed by atoms with E-state index in [9.17, 15) is 19.5 Å². The molecule has 1 aliphatic heterocycles. The molecule has 0 atom stereocenters. The third-order valence-corrected chi connectivity index (χ3v) is 7.86. The van der Waals surface area contributed by atoms with Gasteiger partial charge in [-0.2, -0.15) is 0 Å². The lowest BCUT2D eigenvalue weighted by molar-refractivity contribution is -0.139. The lowest BCUT2D eigenvalue weighted by Crippen LogP contribution is -2.42. The molecule has 1 fully saturated rings. The molecule has 0 radical (unpaired) electrons. The summed E-state index contributed by atoms with van der Waals surface area (Å²) in [6, 6.07) is 14.3. The first-order valence-corrected chi connectivity index (χ1v) is 13.2. The van der Waals surface area contributed by atoms with Gasteiger partial charge in [0.25, 0.3) is 0 Å². The molecule has 1 saturated heterocycles. The van der Waals surface area contributed by atoms with Crippen LogP contribution in [-0.4, -0.2) is 59.4 Å². The molecular formula is C27H27ClN2O7S. The van der Waals surface area contributed by atoms with E-state index in [-0.39, 0.29) is 22.6 Å². The number of ether oxygens (including phenoxy) is 2. The zero-order valence-corrected chi connectivity index (χ0v) is 22.2. The van der Waals surface area contributed by atoms with Crippen LogP contribution in [0.4, 0.5) is 10.5 Å². The van der Waals surface area contributed by atoms with E-state index in [2.05, 4.69) is 5.32 Å². The quantitative estimate of drug-likeness (QED) is 0.300. The molecule has 0 saturated carbocycles. The van der Waals surface area contributed by atoms with Gasteiger partial charge in [0.15, 0.2) is 11.5 Å². The molecule has 0 unspecified atom stereocenters. The topological polar surface area (TPSA) is 125 Å². The van der Waals surface area contributed by atoms with Crippen molar-refractivity contribution in [2.45, 2.75) is 19.8 Å². The Morgan fingerprint density at radius 3 is 2.50 bits per heavy atom. The second-order valence-electron chi connectivity index (χ2n) is 8.88. The van der Waals surface area contributed by atoms with E-state index in [1.807, 2.05) is 36.4 Å². The van der Waals surface area contributed by atoms with Gasteiger partial charge in [-0.3, -0.25) is 0 Å². The monoisotopic (exact) mass is 558 g/mol. The number of hydrogen-bond donors (Lipinski definition) is 3. The van der Waals surface area contributed by atoms with Gasteiger partial charge in [0.05, 0.1) is 17.3 Å². The minimum atomic E-state index is -1.18. The number of carbonyl (C=O) groups excluding carboxylic acids is 1. The maximum atomic E-state index is 12.6. The number of thiophene rings is 1. The van der Waals surface area contributed by atoms with E-state index >= 15 is 0 Å². The number of piperidine rings is 1. The van der Waals surface area contributed by atoms with Crippen molar-refractivity contribution in [2.75, 3.05) is 31.6 Å². The van der Waals surface area contributed by atoms with Crippen LogP contribution in [0.25, 0.3) is 10.4 Å². The largest absolute Gasteiger partial charge is 0.493 e. The number of hydrogen-bond acceptors (Lipinski definition) is 6. The maximum Gasteiger partial charge on any atom is 0.349 e. The predicted molar refractivity (Wildman–Crippen MR) is 145 cm³/mol. The highest BCUT2D eigenvalue weighted by Gasteiger charge is 2.25. The summed E-state index contributed by atoms with van der Waals surface area (Å²) in [4.78, 5) is 37.6. The zero-order valence-electron chi connectivity index (χ0n) is 20.6. The molecule has 2 amide bonds. The number of nitrogens with zero attached hydrogens (tertiary/aromatic N) is 1. The van der Waals surface area contributed by atoms with Crippen molar-refractivity contribution in [3.05, 3.63) is 64.0 Å². The first-order chi connectivity index (χ1) is 18.2. The smallest absolute Gasteiger partial charge is 0.349 e. The molecule has 0 bridgehead atoms. The van der Waals surface area contributed by atoms with Crippen LogP contribution >= 0.6 is 22.9 Å². The van der Waals surface area contributed by atoms with Gasteiger partial charge in [-0.25, -0.2) is 14.4 Å². The Balaban J connectivity index is 1.35. The molecule has 1 aliphatic rings. The van der Waals surface area contributed by atoms with Crippen LogP contribution in [0, 0.1) is 12.8 Å². The number of carboxylic acids is 2. The average molecular weight is 559 g/mol. The van der Waals surface area contributed by atoms with Crippen molar-refractivity contribution in [2.24, 2.45) is 5.92 Å². The average Bonchev–Trinajstić information content (AvgIpc) is 3.24. The van der Waals surface area contributed by atoms with Gasteiger partial charge >= 0.3 is 18.0 Å². The number of carboxylic acid groups (broad SMARTS) is 2. The Morgan fingerprint density at radius 1 is 1.08 bits per heavy atom. The van der Waals surface area contributed by atoms with Crippen LogP contribution in [0.5, 0.6) is 11.5 Å². The molecule has 38 heavy (non-hydrogen) atoms. The molecule has 2 aromatic carbocycles. The number of aliphatic carboxylic acids is 1. The molecular weight excluding hydrogens is 532 g/mol. The van der Waals surface area contributed by atoms with Crippen molar-refractivity contribution in [1.82, 2.24) is 4.90 Å². The molecule has 200 valence electrons. The van der Waals surface area contributed by atoms with Crippen LogP contribution in [0.3, 0.4) is 0 Å². The van der Waals surface area contributed by atoms with Crippen molar-refractivity contribution in [3.63, 3.8) is 0 Å². The highest BCUT2D eigenvalue weighted by atomic mass is 35.5. The van der Waals surface area contributed by atoms with Crippen molar-refractivity contribution >= 4 is 46.6 Å². The normalized spacial score (nSPS) is 13.7. The molecule has 2 heterocycles. The number of carbonyl (C=O) groups is 3.